The molecule has 2 aromatic rings. The van der Waals surface area contributed by atoms with Crippen molar-refractivity contribution in [2.75, 3.05) is 18.4 Å². The molecule has 0 radical (unpaired) electrons. The third kappa shape index (κ3) is 4.58. The monoisotopic (exact) mass is 358 g/mol. The van der Waals surface area contributed by atoms with E-state index in [-0.39, 0.29) is 11.9 Å². The van der Waals surface area contributed by atoms with E-state index in [1.165, 1.54) is 11.3 Å². The van der Waals surface area contributed by atoms with Gasteiger partial charge in [0.15, 0.2) is 0 Å². The van der Waals surface area contributed by atoms with E-state index in [4.69, 9.17) is 5.73 Å². The number of urea groups is 1. The zero-order valence-electron chi connectivity index (χ0n) is 13.9. The van der Waals surface area contributed by atoms with E-state index in [0.29, 0.717) is 10.6 Å². The van der Waals surface area contributed by atoms with Crippen molar-refractivity contribution in [2.45, 2.75) is 25.3 Å². The summed E-state index contributed by atoms with van der Waals surface area (Å²) < 4.78 is 0. The fourth-order valence-electron chi connectivity index (χ4n) is 2.92. The third-order valence-corrected chi connectivity index (χ3v) is 5.32. The molecule has 3 rings (SSSR count). The molecule has 1 aromatic heterocycles. The van der Waals surface area contributed by atoms with Gasteiger partial charge >= 0.3 is 6.03 Å². The predicted molar refractivity (Wildman–Crippen MR) is 101 cm³/mol. The first kappa shape index (κ1) is 17.4. The van der Waals surface area contributed by atoms with Crippen LogP contribution in [0, 0.1) is 0 Å². The Kier molecular flexibility index (Phi) is 5.67. The highest BCUT2D eigenvalue weighted by Crippen LogP contribution is 2.34. The maximum absolute atomic E-state index is 12.8. The smallest absolute Gasteiger partial charge is 0.316 e. The molecule has 0 saturated carbocycles. The van der Waals surface area contributed by atoms with Gasteiger partial charge in [-0.25, -0.2) is 4.79 Å². The van der Waals surface area contributed by atoms with Gasteiger partial charge in [0.2, 0.25) is 0 Å². The minimum Gasteiger partial charge on any atom is -0.351 e. The molecule has 0 bridgehead atoms. The average molecular weight is 358 g/mol. The molecular formula is C18H22N4O2S. The Hall–Kier alpha value is -2.38. The summed E-state index contributed by atoms with van der Waals surface area (Å²) in [5.41, 5.74) is 6.71. The minimum atomic E-state index is -0.678. The predicted octanol–water partition coefficient (Wildman–Crippen LogP) is 2.78. The Balaban J connectivity index is 1.83. The first-order valence-electron chi connectivity index (χ1n) is 8.41. The Bertz CT molecular complexity index is 737. The van der Waals surface area contributed by atoms with Gasteiger partial charge in [-0.3, -0.25) is 4.79 Å². The number of primary amides is 1. The van der Waals surface area contributed by atoms with Crippen LogP contribution in [-0.4, -0.2) is 31.1 Å². The summed E-state index contributed by atoms with van der Waals surface area (Å²) in [5.74, 6) is -0.176. The molecule has 132 valence electrons. The number of nitrogens with one attached hydrogen (secondary N) is 3. The molecule has 25 heavy (non-hydrogen) atoms. The van der Waals surface area contributed by atoms with Crippen LogP contribution in [0.1, 0.15) is 28.9 Å². The Morgan fingerprint density at radius 2 is 2.00 bits per heavy atom. The van der Waals surface area contributed by atoms with Crippen molar-refractivity contribution < 1.29 is 9.59 Å². The van der Waals surface area contributed by atoms with E-state index in [1.807, 2.05) is 30.3 Å². The molecule has 1 aliphatic heterocycles. The zero-order chi connectivity index (χ0) is 17.6. The first-order valence-corrected chi connectivity index (χ1v) is 9.22. The molecule has 1 aromatic carbocycles. The van der Waals surface area contributed by atoms with Gasteiger partial charge in [0.25, 0.3) is 5.91 Å². The van der Waals surface area contributed by atoms with Crippen molar-refractivity contribution in [3.05, 3.63) is 41.3 Å². The number of nitrogens with two attached hydrogens (primary N) is 1. The summed E-state index contributed by atoms with van der Waals surface area (Å²) >= 11 is 1.35. The number of carbonyl (C=O) groups is 2. The average Bonchev–Trinajstić information content (AvgIpc) is 2.84. The second kappa shape index (κ2) is 8.13. The van der Waals surface area contributed by atoms with Gasteiger partial charge in [0.1, 0.15) is 4.88 Å². The van der Waals surface area contributed by atoms with Crippen LogP contribution in [-0.2, 0) is 0 Å². The van der Waals surface area contributed by atoms with E-state index < -0.39 is 6.03 Å². The molecule has 1 aliphatic rings. The lowest BCUT2D eigenvalue weighted by Gasteiger charge is -2.16. The zero-order valence-corrected chi connectivity index (χ0v) is 14.7. The van der Waals surface area contributed by atoms with Crippen LogP contribution in [0.5, 0.6) is 0 Å². The van der Waals surface area contributed by atoms with Crippen molar-refractivity contribution in [1.29, 1.82) is 0 Å². The van der Waals surface area contributed by atoms with E-state index in [2.05, 4.69) is 16.0 Å². The van der Waals surface area contributed by atoms with Gasteiger partial charge in [-0.15, -0.1) is 11.3 Å². The summed E-state index contributed by atoms with van der Waals surface area (Å²) in [7, 11) is 0. The number of benzene rings is 1. The lowest BCUT2D eigenvalue weighted by Crippen LogP contribution is -2.40. The lowest BCUT2D eigenvalue weighted by molar-refractivity contribution is 0.0940. The summed E-state index contributed by atoms with van der Waals surface area (Å²) in [6.45, 7) is 1.75. The number of amides is 3. The SMILES string of the molecule is NC(=O)Nc1cc(-c2ccccc2)sc1C(=O)N[C@H]1CCCCNC1. The van der Waals surface area contributed by atoms with Crippen molar-refractivity contribution in [3.63, 3.8) is 0 Å². The molecule has 1 atom stereocenters. The Labute approximate surface area is 150 Å². The molecule has 0 aliphatic carbocycles. The number of hydrogen-bond acceptors (Lipinski definition) is 4. The molecule has 3 amide bonds. The van der Waals surface area contributed by atoms with E-state index in [1.54, 1.807) is 6.07 Å². The first-order chi connectivity index (χ1) is 12.1. The molecular weight excluding hydrogens is 336 g/mol. The summed E-state index contributed by atoms with van der Waals surface area (Å²) in [4.78, 5) is 25.4. The highest BCUT2D eigenvalue weighted by atomic mass is 32.1. The highest BCUT2D eigenvalue weighted by Gasteiger charge is 2.21. The fourth-order valence-corrected chi connectivity index (χ4v) is 3.95. The van der Waals surface area contributed by atoms with Gasteiger partial charge in [0.05, 0.1) is 5.69 Å². The van der Waals surface area contributed by atoms with Gasteiger partial charge in [0, 0.05) is 17.5 Å². The van der Waals surface area contributed by atoms with E-state index >= 15 is 0 Å². The van der Waals surface area contributed by atoms with Gasteiger partial charge < -0.3 is 21.7 Å². The van der Waals surface area contributed by atoms with Crippen LogP contribution in [0.15, 0.2) is 36.4 Å². The van der Waals surface area contributed by atoms with Gasteiger partial charge in [-0.05, 0) is 31.0 Å². The van der Waals surface area contributed by atoms with Gasteiger partial charge in [-0.1, -0.05) is 36.8 Å². The molecule has 6 nitrogen and oxygen atoms in total. The molecule has 1 fully saturated rings. The van der Waals surface area contributed by atoms with Crippen LogP contribution in [0.25, 0.3) is 10.4 Å². The van der Waals surface area contributed by atoms with Crippen molar-refractivity contribution in [2.24, 2.45) is 5.73 Å². The fraction of sp³-hybridized carbons (Fsp3) is 0.333. The van der Waals surface area contributed by atoms with Crippen molar-refractivity contribution in [3.8, 4) is 10.4 Å². The number of thiophene rings is 1. The summed E-state index contributed by atoms with van der Waals surface area (Å²) in [6.07, 6.45) is 3.16. The Morgan fingerprint density at radius 1 is 1.20 bits per heavy atom. The number of hydrogen-bond donors (Lipinski definition) is 4. The standard InChI is InChI=1S/C18H22N4O2S/c19-18(24)22-14-10-15(12-6-2-1-3-7-12)25-16(14)17(23)21-13-8-4-5-9-20-11-13/h1-3,6-7,10,13,20H,4-5,8-9,11H2,(H,21,23)(H3,19,22,24)/t13-/m0/s1. The quantitative estimate of drug-likeness (QED) is 0.677. The summed E-state index contributed by atoms with van der Waals surface area (Å²) in [5, 5.41) is 8.97. The highest BCUT2D eigenvalue weighted by molar-refractivity contribution is 7.18. The maximum atomic E-state index is 12.8. The normalized spacial score (nSPS) is 17.5. The second-order valence-corrected chi connectivity index (χ2v) is 7.13. The van der Waals surface area contributed by atoms with Crippen molar-refractivity contribution in [1.82, 2.24) is 10.6 Å². The molecule has 5 N–H and O–H groups in total. The van der Waals surface area contributed by atoms with Crippen LogP contribution in [0.2, 0.25) is 0 Å². The minimum absolute atomic E-state index is 0.0960. The van der Waals surface area contributed by atoms with Crippen molar-refractivity contribution >= 4 is 29.0 Å². The largest absolute Gasteiger partial charge is 0.351 e. The maximum Gasteiger partial charge on any atom is 0.316 e. The molecule has 7 heteroatoms. The third-order valence-electron chi connectivity index (χ3n) is 4.14. The topological polar surface area (TPSA) is 96.2 Å². The van der Waals surface area contributed by atoms with Gasteiger partial charge in [-0.2, -0.15) is 0 Å². The van der Waals surface area contributed by atoms with E-state index in [9.17, 15) is 9.59 Å². The molecule has 0 unspecified atom stereocenters. The number of carbonyl (C=O) groups excluding carboxylic acids is 2. The van der Waals surface area contributed by atoms with Crippen LogP contribution >= 0.6 is 11.3 Å². The molecule has 2 heterocycles. The molecule has 0 spiro atoms. The molecule has 1 saturated heterocycles. The van der Waals surface area contributed by atoms with E-state index in [0.717, 1.165) is 42.8 Å². The Morgan fingerprint density at radius 3 is 2.76 bits per heavy atom. The second-order valence-electron chi connectivity index (χ2n) is 6.08. The van der Waals surface area contributed by atoms with Crippen LogP contribution in [0.3, 0.4) is 0 Å². The number of rotatable bonds is 4. The van der Waals surface area contributed by atoms with Crippen LogP contribution in [0.4, 0.5) is 10.5 Å². The lowest BCUT2D eigenvalue weighted by atomic mass is 10.1. The number of anilines is 1. The summed E-state index contributed by atoms with van der Waals surface area (Å²) in [6, 6.07) is 11.0. The van der Waals surface area contributed by atoms with Crippen LogP contribution < -0.4 is 21.7 Å².